The van der Waals surface area contributed by atoms with Crippen LogP contribution in [0, 0.1) is 5.82 Å². The summed E-state index contributed by atoms with van der Waals surface area (Å²) < 4.78 is 47.6. The van der Waals surface area contributed by atoms with Crippen molar-refractivity contribution in [1.82, 2.24) is 19.7 Å². The largest absolute Gasteiger partial charge is 0.438 e. The number of hydrogen-bond donors (Lipinski definition) is 1. The molecule has 0 unspecified atom stereocenters. The Hall–Kier alpha value is -3.79. The van der Waals surface area contributed by atoms with Crippen molar-refractivity contribution in [1.29, 1.82) is 0 Å². The van der Waals surface area contributed by atoms with E-state index in [2.05, 4.69) is 19.9 Å². The molecule has 0 saturated heterocycles. The Bertz CT molecular complexity index is 1210. The maximum Gasteiger partial charge on any atom is 0.261 e. The second-order valence-corrected chi connectivity index (χ2v) is 7.57. The third kappa shape index (κ3) is 4.38. The molecular weight excluding hydrogens is 397 g/mol. The van der Waals surface area contributed by atoms with Gasteiger partial charge < -0.3 is 4.74 Å². The number of rotatable bonds is 6. The molecule has 146 valence electrons. The maximum atomic E-state index is 13.3. The summed E-state index contributed by atoms with van der Waals surface area (Å²) in [5.41, 5.74) is 0.308. The van der Waals surface area contributed by atoms with Crippen molar-refractivity contribution in [2.24, 2.45) is 0 Å². The van der Waals surface area contributed by atoms with Crippen LogP contribution in [0.2, 0.25) is 0 Å². The highest BCUT2D eigenvalue weighted by atomic mass is 32.2. The normalized spacial score (nSPS) is 11.2. The number of anilines is 1. The van der Waals surface area contributed by atoms with Crippen LogP contribution < -0.4 is 9.46 Å². The van der Waals surface area contributed by atoms with E-state index in [-0.39, 0.29) is 10.8 Å². The average Bonchev–Trinajstić information content (AvgIpc) is 3.25. The minimum Gasteiger partial charge on any atom is -0.438 e. The molecule has 10 heteroatoms. The number of hydrogen-bond acceptors (Lipinski definition) is 6. The number of halogens is 1. The Morgan fingerprint density at radius 2 is 1.83 bits per heavy atom. The number of sulfonamides is 1. The quantitative estimate of drug-likeness (QED) is 0.522. The predicted octanol–water partition coefficient (Wildman–Crippen LogP) is 3.39. The van der Waals surface area contributed by atoms with E-state index in [9.17, 15) is 12.8 Å². The Labute approximate surface area is 165 Å². The molecule has 4 rings (SSSR count). The van der Waals surface area contributed by atoms with Crippen LogP contribution in [0.1, 0.15) is 0 Å². The third-order valence-electron chi connectivity index (χ3n) is 3.83. The summed E-state index contributed by atoms with van der Waals surface area (Å²) in [6, 6.07) is 14.4. The molecule has 29 heavy (non-hydrogen) atoms. The molecule has 0 amide bonds. The van der Waals surface area contributed by atoms with Crippen LogP contribution in [-0.4, -0.2) is 28.2 Å². The SMILES string of the molecule is O=S(=O)(Nc1ccc(Oc2ccc(-n3ccnc3)nn2)cc1)c1cccc(F)c1. The van der Waals surface area contributed by atoms with Gasteiger partial charge in [0.1, 0.15) is 17.9 Å². The van der Waals surface area contributed by atoms with Crippen molar-refractivity contribution in [2.75, 3.05) is 4.72 Å². The maximum absolute atomic E-state index is 13.3. The molecule has 0 aliphatic carbocycles. The predicted molar refractivity (Wildman–Crippen MR) is 103 cm³/mol. The van der Waals surface area contributed by atoms with Gasteiger partial charge >= 0.3 is 0 Å². The highest BCUT2D eigenvalue weighted by Crippen LogP contribution is 2.23. The highest BCUT2D eigenvalue weighted by Gasteiger charge is 2.15. The van der Waals surface area contributed by atoms with Crippen LogP contribution in [0.4, 0.5) is 10.1 Å². The lowest BCUT2D eigenvalue weighted by Crippen LogP contribution is -2.13. The Balaban J connectivity index is 1.44. The van der Waals surface area contributed by atoms with Crippen LogP contribution in [0.25, 0.3) is 5.82 Å². The topological polar surface area (TPSA) is 99.0 Å². The fraction of sp³-hybridized carbons (Fsp3) is 0. The first kappa shape index (κ1) is 18.6. The minimum absolute atomic E-state index is 0.161. The molecule has 0 spiro atoms. The lowest BCUT2D eigenvalue weighted by Gasteiger charge is -2.09. The van der Waals surface area contributed by atoms with Gasteiger partial charge in [0.05, 0.1) is 4.90 Å². The molecule has 0 aliphatic heterocycles. The fourth-order valence-corrected chi connectivity index (χ4v) is 3.55. The molecule has 0 saturated carbocycles. The van der Waals surface area contributed by atoms with Gasteiger partial charge in [-0.25, -0.2) is 17.8 Å². The molecule has 0 atom stereocenters. The Kier molecular flexibility index (Phi) is 4.92. The molecule has 2 aromatic heterocycles. The lowest BCUT2D eigenvalue weighted by atomic mass is 10.3. The number of nitrogens with zero attached hydrogens (tertiary/aromatic N) is 4. The first-order valence-electron chi connectivity index (χ1n) is 8.38. The first-order chi connectivity index (χ1) is 14.0. The number of imidazole rings is 1. The number of benzene rings is 2. The second kappa shape index (κ2) is 7.68. The van der Waals surface area contributed by atoms with E-state index in [1.165, 1.54) is 30.3 Å². The van der Waals surface area contributed by atoms with E-state index < -0.39 is 15.8 Å². The smallest absolute Gasteiger partial charge is 0.261 e. The molecule has 0 fully saturated rings. The molecule has 0 aliphatic rings. The van der Waals surface area contributed by atoms with Crippen LogP contribution in [0.3, 0.4) is 0 Å². The molecule has 2 aromatic carbocycles. The summed E-state index contributed by atoms with van der Waals surface area (Å²) in [5.74, 6) is 0.694. The van der Waals surface area contributed by atoms with Crippen molar-refractivity contribution in [2.45, 2.75) is 4.90 Å². The zero-order valence-electron chi connectivity index (χ0n) is 14.8. The molecule has 0 bridgehead atoms. The van der Waals surface area contributed by atoms with E-state index in [1.807, 2.05) is 0 Å². The van der Waals surface area contributed by atoms with Gasteiger partial charge in [0.25, 0.3) is 10.0 Å². The van der Waals surface area contributed by atoms with Gasteiger partial charge in [-0.1, -0.05) is 6.07 Å². The van der Waals surface area contributed by atoms with Crippen LogP contribution >= 0.6 is 0 Å². The van der Waals surface area contributed by atoms with E-state index in [1.54, 1.807) is 47.6 Å². The third-order valence-corrected chi connectivity index (χ3v) is 5.21. The second-order valence-electron chi connectivity index (χ2n) is 5.89. The van der Waals surface area contributed by atoms with Gasteiger partial charge in [-0.3, -0.25) is 9.29 Å². The zero-order chi connectivity index (χ0) is 20.3. The van der Waals surface area contributed by atoms with Gasteiger partial charge in [0.15, 0.2) is 5.82 Å². The van der Waals surface area contributed by atoms with Gasteiger partial charge in [0, 0.05) is 24.1 Å². The van der Waals surface area contributed by atoms with Crippen molar-refractivity contribution in [3.63, 3.8) is 0 Å². The summed E-state index contributed by atoms with van der Waals surface area (Å²) in [5, 5.41) is 8.04. The number of ether oxygens (including phenoxy) is 1. The summed E-state index contributed by atoms with van der Waals surface area (Å²) in [6.07, 6.45) is 4.98. The van der Waals surface area contributed by atoms with Gasteiger partial charge in [-0.05, 0) is 48.5 Å². The molecule has 4 aromatic rings. The standard InChI is InChI=1S/C19H14FN5O3S/c20-14-2-1-3-17(12-14)29(26,27)24-15-4-6-16(7-5-15)28-19-9-8-18(22-23-19)25-11-10-21-13-25/h1-13,24H. The van der Waals surface area contributed by atoms with Crippen LogP contribution in [0.5, 0.6) is 11.6 Å². The molecule has 1 N–H and O–H groups in total. The monoisotopic (exact) mass is 411 g/mol. The highest BCUT2D eigenvalue weighted by molar-refractivity contribution is 7.92. The summed E-state index contributed by atoms with van der Waals surface area (Å²) in [4.78, 5) is 3.78. The average molecular weight is 411 g/mol. The summed E-state index contributed by atoms with van der Waals surface area (Å²) >= 11 is 0. The number of aromatic nitrogens is 4. The van der Waals surface area contributed by atoms with Crippen LogP contribution in [-0.2, 0) is 10.0 Å². The van der Waals surface area contributed by atoms with E-state index in [0.717, 1.165) is 6.07 Å². The summed E-state index contributed by atoms with van der Waals surface area (Å²) in [6.45, 7) is 0. The van der Waals surface area contributed by atoms with E-state index in [4.69, 9.17) is 4.74 Å². The van der Waals surface area contributed by atoms with Gasteiger partial charge in [-0.15, -0.1) is 10.2 Å². The first-order valence-corrected chi connectivity index (χ1v) is 9.86. The molecule has 2 heterocycles. The minimum atomic E-state index is -3.89. The van der Waals surface area contributed by atoms with E-state index >= 15 is 0 Å². The lowest BCUT2D eigenvalue weighted by molar-refractivity contribution is 0.454. The Morgan fingerprint density at radius 1 is 1.00 bits per heavy atom. The van der Waals surface area contributed by atoms with Crippen molar-refractivity contribution in [3.8, 4) is 17.4 Å². The van der Waals surface area contributed by atoms with Crippen molar-refractivity contribution < 1.29 is 17.5 Å². The number of nitrogens with one attached hydrogen (secondary N) is 1. The summed E-state index contributed by atoms with van der Waals surface area (Å²) in [7, 11) is -3.89. The molecule has 0 radical (unpaired) electrons. The Morgan fingerprint density at radius 3 is 2.48 bits per heavy atom. The molecule has 8 nitrogen and oxygen atoms in total. The fourth-order valence-electron chi connectivity index (χ4n) is 2.46. The van der Waals surface area contributed by atoms with Crippen molar-refractivity contribution >= 4 is 15.7 Å². The van der Waals surface area contributed by atoms with Gasteiger partial charge in [0.2, 0.25) is 5.88 Å². The molecular formula is C19H14FN5O3S. The zero-order valence-corrected chi connectivity index (χ0v) is 15.6. The van der Waals surface area contributed by atoms with E-state index in [0.29, 0.717) is 17.3 Å². The van der Waals surface area contributed by atoms with Gasteiger partial charge in [-0.2, -0.15) is 0 Å². The van der Waals surface area contributed by atoms with Crippen molar-refractivity contribution in [3.05, 3.63) is 85.2 Å². The van der Waals surface area contributed by atoms with Crippen LogP contribution in [0.15, 0.2) is 84.3 Å².